The third-order valence-corrected chi connectivity index (χ3v) is 3.81. The summed E-state index contributed by atoms with van der Waals surface area (Å²) < 4.78 is 23.5. The molecule has 0 radical (unpaired) electrons. The topological polar surface area (TPSA) is 64.2 Å². The lowest BCUT2D eigenvalue weighted by Crippen LogP contribution is -1.93. The second kappa shape index (κ2) is 6.24. The van der Waals surface area contributed by atoms with E-state index < -0.39 is 0 Å². The molecule has 1 aliphatic heterocycles. The van der Waals surface area contributed by atoms with Crippen LogP contribution < -0.4 is 9.47 Å². The number of allylic oxidation sites excluding steroid dienone is 1. The molecule has 25 heavy (non-hydrogen) atoms. The van der Waals surface area contributed by atoms with E-state index in [1.165, 1.54) is 30.3 Å². The van der Waals surface area contributed by atoms with E-state index in [9.17, 15) is 9.18 Å². The molecule has 6 heteroatoms. The molecule has 0 fully saturated rings. The molecule has 2 heterocycles. The van der Waals surface area contributed by atoms with E-state index in [0.29, 0.717) is 22.8 Å². The highest BCUT2D eigenvalue weighted by molar-refractivity contribution is 6.06. The summed E-state index contributed by atoms with van der Waals surface area (Å²) in [6, 6.07) is 12.8. The van der Waals surface area contributed by atoms with Crippen molar-refractivity contribution < 1.29 is 18.7 Å². The van der Waals surface area contributed by atoms with Crippen molar-refractivity contribution in [3.63, 3.8) is 0 Å². The van der Waals surface area contributed by atoms with Gasteiger partial charge in [0, 0.05) is 11.1 Å². The van der Waals surface area contributed by atoms with E-state index in [2.05, 4.69) is 10.2 Å². The molecule has 0 saturated carbocycles. The summed E-state index contributed by atoms with van der Waals surface area (Å²) >= 11 is 0. The summed E-state index contributed by atoms with van der Waals surface area (Å²) in [6.45, 7) is 0.221. The fraction of sp³-hybridized carbons (Fsp3) is 0.0526. The van der Waals surface area contributed by atoms with Crippen LogP contribution in [0, 0.1) is 5.82 Å². The molecule has 0 atom stereocenters. The summed E-state index contributed by atoms with van der Waals surface area (Å²) in [5.41, 5.74) is 2.72. The Hall–Kier alpha value is -3.41. The molecule has 124 valence electrons. The summed E-state index contributed by atoms with van der Waals surface area (Å²) in [5, 5.41) is 7.11. The lowest BCUT2D eigenvalue weighted by molar-refractivity contribution is 0.104. The van der Waals surface area contributed by atoms with Crippen molar-refractivity contribution in [2.24, 2.45) is 0 Å². The van der Waals surface area contributed by atoms with Crippen LogP contribution in [0.1, 0.15) is 16.1 Å². The summed E-state index contributed by atoms with van der Waals surface area (Å²) in [4.78, 5) is 12.1. The molecule has 1 N–H and O–H groups in total. The number of hydrogen-bond acceptors (Lipinski definition) is 4. The van der Waals surface area contributed by atoms with Gasteiger partial charge in [-0.3, -0.25) is 9.89 Å². The minimum Gasteiger partial charge on any atom is -0.454 e. The van der Waals surface area contributed by atoms with E-state index in [0.717, 1.165) is 11.3 Å². The molecule has 4 rings (SSSR count). The quantitative estimate of drug-likeness (QED) is 0.581. The largest absolute Gasteiger partial charge is 0.454 e. The van der Waals surface area contributed by atoms with Gasteiger partial charge in [-0.2, -0.15) is 5.10 Å². The van der Waals surface area contributed by atoms with Crippen LogP contribution in [0.15, 0.2) is 54.6 Å². The molecule has 0 spiro atoms. The molecule has 0 aliphatic carbocycles. The first-order chi connectivity index (χ1) is 12.2. The third kappa shape index (κ3) is 3.14. The third-order valence-electron chi connectivity index (χ3n) is 3.81. The number of nitrogens with one attached hydrogen (secondary N) is 1. The van der Waals surface area contributed by atoms with Gasteiger partial charge in [-0.25, -0.2) is 4.39 Å². The Bertz CT molecular complexity index is 961. The number of ketones is 1. The van der Waals surface area contributed by atoms with Crippen molar-refractivity contribution in [2.75, 3.05) is 6.79 Å². The average molecular weight is 336 g/mol. The number of halogens is 1. The van der Waals surface area contributed by atoms with Crippen LogP contribution in [0.5, 0.6) is 11.5 Å². The Balaban J connectivity index is 1.51. The van der Waals surface area contributed by atoms with Gasteiger partial charge >= 0.3 is 0 Å². The second-order valence-electron chi connectivity index (χ2n) is 5.48. The fourth-order valence-corrected chi connectivity index (χ4v) is 2.50. The van der Waals surface area contributed by atoms with E-state index in [1.807, 2.05) is 24.3 Å². The highest BCUT2D eigenvalue weighted by Crippen LogP contribution is 2.35. The highest BCUT2D eigenvalue weighted by Gasteiger charge is 2.14. The number of benzene rings is 2. The van der Waals surface area contributed by atoms with Crippen molar-refractivity contribution in [1.29, 1.82) is 0 Å². The Labute approximate surface area is 142 Å². The van der Waals surface area contributed by atoms with Crippen molar-refractivity contribution in [1.82, 2.24) is 10.2 Å². The number of nitrogens with zero attached hydrogens (tertiary/aromatic N) is 1. The van der Waals surface area contributed by atoms with Crippen LogP contribution in [-0.2, 0) is 0 Å². The number of ether oxygens (including phenoxy) is 2. The van der Waals surface area contributed by atoms with E-state index in [-0.39, 0.29) is 18.4 Å². The maximum atomic E-state index is 12.9. The molecule has 0 unspecified atom stereocenters. The number of aromatic amines is 1. The molecule has 1 aliphatic rings. The number of aromatic nitrogens is 2. The average Bonchev–Trinajstić information content (AvgIpc) is 3.28. The van der Waals surface area contributed by atoms with Gasteiger partial charge in [0.05, 0.1) is 11.4 Å². The minimum atomic E-state index is -0.373. The van der Waals surface area contributed by atoms with Gasteiger partial charge in [0.2, 0.25) is 6.79 Å². The van der Waals surface area contributed by atoms with Crippen LogP contribution in [0.4, 0.5) is 4.39 Å². The van der Waals surface area contributed by atoms with E-state index >= 15 is 0 Å². The Morgan fingerprint density at radius 3 is 2.72 bits per heavy atom. The van der Waals surface area contributed by atoms with Gasteiger partial charge in [0.1, 0.15) is 5.82 Å². The Morgan fingerprint density at radius 1 is 1.08 bits per heavy atom. The van der Waals surface area contributed by atoms with Gasteiger partial charge in [-0.15, -0.1) is 0 Å². The number of rotatable bonds is 4. The number of fused-ring (bicyclic) bond motifs is 1. The Kier molecular flexibility index (Phi) is 3.78. The van der Waals surface area contributed by atoms with Gasteiger partial charge in [-0.1, -0.05) is 0 Å². The zero-order chi connectivity index (χ0) is 17.2. The maximum absolute atomic E-state index is 12.9. The van der Waals surface area contributed by atoms with Gasteiger partial charge in [0.25, 0.3) is 0 Å². The maximum Gasteiger partial charge on any atom is 0.231 e. The first-order valence-electron chi connectivity index (χ1n) is 7.62. The molecular weight excluding hydrogens is 323 g/mol. The molecule has 2 aromatic carbocycles. The normalized spacial score (nSPS) is 12.7. The molecular formula is C19H13FN2O3. The SMILES string of the molecule is O=C(/C=C/c1cc(-c2ccc3c(c2)OCO3)n[nH]1)c1ccc(F)cc1. The first kappa shape index (κ1) is 15.1. The molecule has 3 aromatic rings. The number of H-pyrrole nitrogens is 1. The smallest absolute Gasteiger partial charge is 0.231 e. The summed E-state index contributed by atoms with van der Waals surface area (Å²) in [5.74, 6) is 0.815. The molecule has 0 saturated heterocycles. The zero-order valence-corrected chi connectivity index (χ0v) is 13.0. The van der Waals surface area contributed by atoms with Crippen LogP contribution in [0.25, 0.3) is 17.3 Å². The van der Waals surface area contributed by atoms with Crippen molar-refractivity contribution in [3.8, 4) is 22.8 Å². The second-order valence-corrected chi connectivity index (χ2v) is 5.48. The fourth-order valence-electron chi connectivity index (χ4n) is 2.50. The van der Waals surface area contributed by atoms with E-state index in [4.69, 9.17) is 9.47 Å². The highest BCUT2D eigenvalue weighted by atomic mass is 19.1. The van der Waals surface area contributed by atoms with Crippen molar-refractivity contribution in [2.45, 2.75) is 0 Å². The summed E-state index contributed by atoms with van der Waals surface area (Å²) in [6.07, 6.45) is 3.05. The molecule has 1 aromatic heterocycles. The predicted octanol–water partition coefficient (Wildman–Crippen LogP) is 3.84. The molecule has 0 amide bonds. The van der Waals surface area contributed by atoms with Crippen LogP contribution in [0.2, 0.25) is 0 Å². The Morgan fingerprint density at radius 2 is 1.88 bits per heavy atom. The number of carbonyl (C=O) groups is 1. The number of carbonyl (C=O) groups excluding carboxylic acids is 1. The van der Waals surface area contributed by atoms with Crippen LogP contribution in [-0.4, -0.2) is 22.8 Å². The lowest BCUT2D eigenvalue weighted by Gasteiger charge is -1.98. The monoisotopic (exact) mass is 336 g/mol. The van der Waals surface area contributed by atoms with Gasteiger partial charge < -0.3 is 9.47 Å². The van der Waals surface area contributed by atoms with Gasteiger partial charge in [-0.05, 0) is 60.7 Å². The summed E-state index contributed by atoms with van der Waals surface area (Å²) in [7, 11) is 0. The molecule has 5 nitrogen and oxygen atoms in total. The lowest BCUT2D eigenvalue weighted by atomic mass is 10.1. The first-order valence-corrected chi connectivity index (χ1v) is 7.62. The van der Waals surface area contributed by atoms with E-state index in [1.54, 1.807) is 6.08 Å². The molecule has 0 bridgehead atoms. The van der Waals surface area contributed by atoms with Crippen LogP contribution in [0.3, 0.4) is 0 Å². The predicted molar refractivity (Wildman–Crippen MR) is 89.9 cm³/mol. The van der Waals surface area contributed by atoms with Crippen molar-refractivity contribution in [3.05, 3.63) is 71.7 Å². The zero-order valence-electron chi connectivity index (χ0n) is 13.0. The number of hydrogen-bond donors (Lipinski definition) is 1. The standard InChI is InChI=1S/C19H13FN2O3/c20-14-4-1-12(2-5-14)17(23)7-6-15-10-16(22-21-15)13-3-8-18-19(9-13)25-11-24-18/h1-10H,11H2,(H,21,22)/b7-6+. The van der Waals surface area contributed by atoms with Crippen LogP contribution >= 0.6 is 0 Å². The van der Waals surface area contributed by atoms with Crippen molar-refractivity contribution >= 4 is 11.9 Å². The van der Waals surface area contributed by atoms with Gasteiger partial charge in [0.15, 0.2) is 17.3 Å². The minimum absolute atomic E-state index is 0.209.